The Balaban J connectivity index is 1.41. The van der Waals surface area contributed by atoms with E-state index in [0.717, 1.165) is 25.4 Å². The second-order valence-corrected chi connectivity index (χ2v) is 7.01. The van der Waals surface area contributed by atoms with Crippen LogP contribution >= 0.6 is 0 Å². The zero-order chi connectivity index (χ0) is 20.1. The molecule has 1 fully saturated rings. The Kier molecular flexibility index (Phi) is 5.72. The molecule has 1 saturated heterocycles. The van der Waals surface area contributed by atoms with Crippen molar-refractivity contribution >= 4 is 17.5 Å². The number of piperazine rings is 1. The predicted octanol–water partition coefficient (Wildman–Crippen LogP) is 3.49. The maximum atomic E-state index is 13.1. The van der Waals surface area contributed by atoms with Gasteiger partial charge in [-0.3, -0.25) is 14.5 Å². The topological polar surface area (TPSA) is 65.8 Å². The van der Waals surface area contributed by atoms with Gasteiger partial charge in [0.15, 0.2) is 0 Å². The smallest absolute Gasteiger partial charge is 0.256 e. The zero-order valence-corrected chi connectivity index (χ0v) is 16.1. The number of amides is 2. The van der Waals surface area contributed by atoms with Crippen molar-refractivity contribution in [2.24, 2.45) is 0 Å². The van der Waals surface area contributed by atoms with Crippen LogP contribution in [-0.2, 0) is 6.54 Å². The van der Waals surface area contributed by atoms with Crippen LogP contribution in [0.2, 0.25) is 0 Å². The maximum Gasteiger partial charge on any atom is 0.256 e. The van der Waals surface area contributed by atoms with Crippen molar-refractivity contribution in [3.05, 3.63) is 89.9 Å². The highest BCUT2D eigenvalue weighted by Gasteiger charge is 2.24. The molecule has 0 bridgehead atoms. The highest BCUT2D eigenvalue weighted by Crippen LogP contribution is 2.20. The first-order valence-corrected chi connectivity index (χ1v) is 9.70. The molecule has 1 aliphatic heterocycles. The minimum absolute atomic E-state index is 0.0633. The lowest BCUT2D eigenvalue weighted by atomic mass is 10.1. The molecule has 6 nitrogen and oxygen atoms in total. The van der Waals surface area contributed by atoms with Crippen molar-refractivity contribution in [2.45, 2.75) is 6.54 Å². The van der Waals surface area contributed by atoms with E-state index in [9.17, 15) is 9.59 Å². The fourth-order valence-electron chi connectivity index (χ4n) is 3.46. The van der Waals surface area contributed by atoms with E-state index in [-0.39, 0.29) is 11.8 Å². The van der Waals surface area contributed by atoms with Gasteiger partial charge in [-0.1, -0.05) is 30.3 Å². The van der Waals surface area contributed by atoms with Crippen LogP contribution in [0.4, 0.5) is 5.69 Å². The summed E-state index contributed by atoms with van der Waals surface area (Å²) in [6.45, 7) is 3.59. The quantitative estimate of drug-likeness (QED) is 0.725. The minimum atomic E-state index is -0.228. The van der Waals surface area contributed by atoms with Gasteiger partial charge in [0.2, 0.25) is 0 Å². The Morgan fingerprint density at radius 1 is 0.862 bits per heavy atom. The van der Waals surface area contributed by atoms with Gasteiger partial charge in [0.1, 0.15) is 5.76 Å². The summed E-state index contributed by atoms with van der Waals surface area (Å²) in [4.78, 5) is 29.7. The molecule has 0 radical (unpaired) electrons. The molecular weight excluding hydrogens is 366 g/mol. The molecule has 2 heterocycles. The van der Waals surface area contributed by atoms with E-state index in [0.29, 0.717) is 29.9 Å². The molecule has 148 valence electrons. The summed E-state index contributed by atoms with van der Waals surface area (Å²) in [5.41, 5.74) is 1.60. The zero-order valence-electron chi connectivity index (χ0n) is 16.1. The molecule has 0 aliphatic carbocycles. The number of hydrogen-bond donors (Lipinski definition) is 1. The van der Waals surface area contributed by atoms with Gasteiger partial charge < -0.3 is 14.6 Å². The number of furan rings is 1. The van der Waals surface area contributed by atoms with Gasteiger partial charge in [0.25, 0.3) is 11.8 Å². The second-order valence-electron chi connectivity index (χ2n) is 7.01. The number of hydrogen-bond acceptors (Lipinski definition) is 4. The van der Waals surface area contributed by atoms with Gasteiger partial charge in [-0.25, -0.2) is 0 Å². The predicted molar refractivity (Wildman–Crippen MR) is 111 cm³/mol. The lowest BCUT2D eigenvalue weighted by Gasteiger charge is -2.34. The highest BCUT2D eigenvalue weighted by molar-refractivity contribution is 6.09. The van der Waals surface area contributed by atoms with Crippen LogP contribution in [0.3, 0.4) is 0 Å². The van der Waals surface area contributed by atoms with Crippen LogP contribution in [0, 0.1) is 0 Å². The Morgan fingerprint density at radius 3 is 2.31 bits per heavy atom. The van der Waals surface area contributed by atoms with E-state index in [1.807, 2.05) is 47.4 Å². The first-order chi connectivity index (χ1) is 14.2. The number of carbonyl (C=O) groups is 2. The van der Waals surface area contributed by atoms with Gasteiger partial charge in [-0.2, -0.15) is 0 Å². The summed E-state index contributed by atoms with van der Waals surface area (Å²) in [6, 6.07) is 20.0. The molecule has 6 heteroatoms. The van der Waals surface area contributed by atoms with Gasteiger partial charge in [0, 0.05) is 31.7 Å². The van der Waals surface area contributed by atoms with Crippen LogP contribution in [-0.4, -0.2) is 47.8 Å². The molecule has 2 aromatic carbocycles. The van der Waals surface area contributed by atoms with Crippen LogP contribution < -0.4 is 5.32 Å². The molecule has 0 spiro atoms. The fourth-order valence-corrected chi connectivity index (χ4v) is 3.46. The third kappa shape index (κ3) is 4.55. The molecule has 29 heavy (non-hydrogen) atoms. The summed E-state index contributed by atoms with van der Waals surface area (Å²) in [6.07, 6.45) is 1.68. The number of carbonyl (C=O) groups excluding carboxylic acids is 2. The number of anilines is 1. The Hall–Kier alpha value is -3.38. The molecule has 0 unspecified atom stereocenters. The normalized spacial score (nSPS) is 14.6. The van der Waals surface area contributed by atoms with Crippen molar-refractivity contribution in [2.75, 3.05) is 31.5 Å². The first-order valence-electron chi connectivity index (χ1n) is 9.70. The largest absolute Gasteiger partial charge is 0.468 e. The lowest BCUT2D eigenvalue weighted by Crippen LogP contribution is -2.48. The van der Waals surface area contributed by atoms with E-state index in [1.54, 1.807) is 30.5 Å². The Bertz CT molecular complexity index is 962. The van der Waals surface area contributed by atoms with Crippen LogP contribution in [0.15, 0.2) is 77.4 Å². The number of nitrogens with zero attached hydrogens (tertiary/aromatic N) is 2. The summed E-state index contributed by atoms with van der Waals surface area (Å²) in [5, 5.41) is 2.88. The van der Waals surface area contributed by atoms with E-state index in [4.69, 9.17) is 4.42 Å². The monoisotopic (exact) mass is 389 g/mol. The summed E-state index contributed by atoms with van der Waals surface area (Å²) >= 11 is 0. The number of para-hydroxylation sites is 1. The number of nitrogens with one attached hydrogen (secondary N) is 1. The molecule has 2 amide bonds. The second kappa shape index (κ2) is 8.75. The Labute approximate surface area is 169 Å². The van der Waals surface area contributed by atoms with Crippen molar-refractivity contribution in [1.82, 2.24) is 9.80 Å². The van der Waals surface area contributed by atoms with Crippen LogP contribution in [0.5, 0.6) is 0 Å². The minimum Gasteiger partial charge on any atom is -0.468 e. The van der Waals surface area contributed by atoms with Crippen molar-refractivity contribution in [1.29, 1.82) is 0 Å². The van der Waals surface area contributed by atoms with Crippen molar-refractivity contribution < 1.29 is 14.0 Å². The van der Waals surface area contributed by atoms with Gasteiger partial charge in [-0.15, -0.1) is 0 Å². The van der Waals surface area contributed by atoms with Gasteiger partial charge in [-0.05, 0) is 36.4 Å². The molecule has 1 aromatic heterocycles. The summed E-state index contributed by atoms with van der Waals surface area (Å²) < 4.78 is 5.41. The molecule has 0 atom stereocenters. The first kappa shape index (κ1) is 19.0. The van der Waals surface area contributed by atoms with Crippen LogP contribution in [0.25, 0.3) is 0 Å². The van der Waals surface area contributed by atoms with Crippen molar-refractivity contribution in [3.8, 4) is 0 Å². The standard InChI is InChI=1S/C23H23N3O3/c27-22(18-7-2-1-3-8-18)24-21-11-5-4-10-20(21)23(28)26-14-12-25(13-15-26)17-19-9-6-16-29-19/h1-11,16H,12-15,17H2,(H,24,27). The van der Waals surface area contributed by atoms with E-state index in [2.05, 4.69) is 10.2 Å². The average Bonchev–Trinajstić information content (AvgIpc) is 3.28. The highest BCUT2D eigenvalue weighted by atomic mass is 16.3. The third-order valence-corrected chi connectivity index (χ3v) is 5.06. The third-order valence-electron chi connectivity index (χ3n) is 5.06. The molecule has 0 saturated carbocycles. The molecule has 1 N–H and O–H groups in total. The SMILES string of the molecule is O=C(Nc1ccccc1C(=O)N1CCN(Cc2ccco2)CC1)c1ccccc1. The lowest BCUT2D eigenvalue weighted by molar-refractivity contribution is 0.0621. The number of rotatable bonds is 5. The van der Waals surface area contributed by atoms with Gasteiger partial charge in [0.05, 0.1) is 24.1 Å². The average molecular weight is 389 g/mol. The van der Waals surface area contributed by atoms with Crippen LogP contribution in [0.1, 0.15) is 26.5 Å². The molecule has 4 rings (SSSR count). The molecular formula is C23H23N3O3. The van der Waals surface area contributed by atoms with E-state index >= 15 is 0 Å². The molecule has 3 aromatic rings. The Morgan fingerprint density at radius 2 is 1.59 bits per heavy atom. The maximum absolute atomic E-state index is 13.1. The summed E-state index contributed by atoms with van der Waals surface area (Å²) in [7, 11) is 0. The van der Waals surface area contributed by atoms with Gasteiger partial charge >= 0.3 is 0 Å². The molecule has 1 aliphatic rings. The fraction of sp³-hybridized carbons (Fsp3) is 0.217. The number of benzene rings is 2. The van der Waals surface area contributed by atoms with Crippen molar-refractivity contribution in [3.63, 3.8) is 0 Å². The van der Waals surface area contributed by atoms with E-state index in [1.165, 1.54) is 0 Å². The summed E-state index contributed by atoms with van der Waals surface area (Å²) in [5.74, 6) is 0.638. The van der Waals surface area contributed by atoms with E-state index < -0.39 is 0 Å².